The van der Waals surface area contributed by atoms with E-state index in [2.05, 4.69) is 22.2 Å². The van der Waals surface area contributed by atoms with Gasteiger partial charge in [-0.05, 0) is 62.1 Å². The van der Waals surface area contributed by atoms with Gasteiger partial charge in [-0.15, -0.1) is 0 Å². The number of hydrogen-bond acceptors (Lipinski definition) is 4. The van der Waals surface area contributed by atoms with E-state index in [9.17, 15) is 4.79 Å². The van der Waals surface area contributed by atoms with Gasteiger partial charge in [0.05, 0.1) is 0 Å². The molecule has 5 heteroatoms. The van der Waals surface area contributed by atoms with Crippen molar-refractivity contribution in [3.63, 3.8) is 0 Å². The van der Waals surface area contributed by atoms with Gasteiger partial charge >= 0.3 is 0 Å². The molecular weight excluding hydrogens is 360 g/mol. The van der Waals surface area contributed by atoms with Crippen LogP contribution in [0.25, 0.3) is 0 Å². The number of rotatable bonds is 9. The smallest absolute Gasteiger partial charge is 0.247 e. The second-order valence-electron chi connectivity index (χ2n) is 8.07. The minimum Gasteiger partial charge on any atom is -0.329 e. The van der Waals surface area contributed by atoms with Gasteiger partial charge in [0.15, 0.2) is 0 Å². The van der Waals surface area contributed by atoms with Gasteiger partial charge in [-0.1, -0.05) is 36.4 Å². The van der Waals surface area contributed by atoms with Gasteiger partial charge < -0.3 is 15.7 Å². The van der Waals surface area contributed by atoms with Crippen molar-refractivity contribution in [1.82, 2.24) is 10.3 Å². The van der Waals surface area contributed by atoms with Crippen molar-refractivity contribution in [2.24, 2.45) is 10.9 Å². The van der Waals surface area contributed by atoms with Crippen molar-refractivity contribution in [2.45, 2.75) is 51.0 Å². The molecule has 5 nitrogen and oxygen atoms in total. The Balaban J connectivity index is 1.41. The number of benzene rings is 1. The average Bonchev–Trinajstić information content (AvgIpc) is 3.21. The molecule has 2 aromatic rings. The summed E-state index contributed by atoms with van der Waals surface area (Å²) in [6, 6.07) is 13.7. The number of aromatic amines is 1. The number of hydrogen-bond donors (Lipinski definition) is 3. The highest BCUT2D eigenvalue weighted by Gasteiger charge is 2.25. The lowest BCUT2D eigenvalue weighted by molar-refractivity contribution is 0.466. The first-order chi connectivity index (χ1) is 14.1. The molecule has 1 aromatic carbocycles. The molecule has 0 radical (unpaired) electrons. The lowest BCUT2D eigenvalue weighted by Crippen LogP contribution is -2.35. The van der Waals surface area contributed by atoms with E-state index in [4.69, 9.17) is 5.41 Å². The van der Waals surface area contributed by atoms with Crippen LogP contribution in [0.3, 0.4) is 0 Å². The molecule has 1 saturated carbocycles. The molecule has 0 amide bonds. The fourth-order valence-electron chi connectivity index (χ4n) is 4.22. The Bertz CT molecular complexity index is 867. The van der Waals surface area contributed by atoms with Gasteiger partial charge in [0.1, 0.15) is 0 Å². The highest BCUT2D eigenvalue weighted by atomic mass is 16.1. The second kappa shape index (κ2) is 10.3. The molecule has 154 valence electrons. The Morgan fingerprint density at radius 1 is 1.24 bits per heavy atom. The normalized spacial score (nSPS) is 20.6. The average molecular weight is 393 g/mol. The number of aromatic nitrogens is 1. The van der Waals surface area contributed by atoms with Crippen molar-refractivity contribution in [3.8, 4) is 0 Å². The molecule has 0 bridgehead atoms. The molecular formula is C24H32N4O. The van der Waals surface area contributed by atoms with Gasteiger partial charge in [-0.2, -0.15) is 0 Å². The number of pyridine rings is 1. The van der Waals surface area contributed by atoms with Crippen molar-refractivity contribution >= 4 is 11.4 Å². The first kappa shape index (κ1) is 21.2. The van der Waals surface area contributed by atoms with Crippen LogP contribution in [0, 0.1) is 11.3 Å². The van der Waals surface area contributed by atoms with Crippen LogP contribution >= 0.6 is 0 Å². The Labute approximate surface area is 173 Å². The van der Waals surface area contributed by atoms with Crippen molar-refractivity contribution in [1.29, 1.82) is 5.41 Å². The minimum atomic E-state index is -0.0347. The maximum atomic E-state index is 11.2. The SMILES string of the molecule is CN=C(CC(=N)C(C)NCCC1CCC(c2ccc(=O)[nH]c2)C1)c1ccccc1. The summed E-state index contributed by atoms with van der Waals surface area (Å²) in [6.07, 6.45) is 7.18. The second-order valence-corrected chi connectivity index (χ2v) is 8.07. The predicted octanol–water partition coefficient (Wildman–Crippen LogP) is 4.16. The number of H-pyrrole nitrogens is 1. The molecule has 0 aliphatic heterocycles. The Hall–Kier alpha value is -2.53. The van der Waals surface area contributed by atoms with E-state index in [0.29, 0.717) is 24.0 Å². The zero-order chi connectivity index (χ0) is 20.6. The van der Waals surface area contributed by atoms with E-state index in [1.165, 1.54) is 24.8 Å². The highest BCUT2D eigenvalue weighted by Crippen LogP contribution is 2.39. The van der Waals surface area contributed by atoms with Crippen molar-refractivity contribution in [2.75, 3.05) is 13.6 Å². The van der Waals surface area contributed by atoms with Gasteiger partial charge in [0, 0.05) is 43.2 Å². The molecule has 1 heterocycles. The van der Waals surface area contributed by atoms with Gasteiger partial charge in [0.2, 0.25) is 5.56 Å². The van der Waals surface area contributed by atoms with E-state index in [1.807, 2.05) is 42.6 Å². The van der Waals surface area contributed by atoms with Crippen LogP contribution < -0.4 is 10.9 Å². The van der Waals surface area contributed by atoms with Gasteiger partial charge in [0.25, 0.3) is 0 Å². The Kier molecular flexibility index (Phi) is 7.53. The zero-order valence-corrected chi connectivity index (χ0v) is 17.4. The topological polar surface area (TPSA) is 81.1 Å². The third-order valence-corrected chi connectivity index (χ3v) is 6.08. The van der Waals surface area contributed by atoms with Gasteiger partial charge in [-0.3, -0.25) is 9.79 Å². The summed E-state index contributed by atoms with van der Waals surface area (Å²) in [5.74, 6) is 1.26. The maximum absolute atomic E-state index is 11.2. The molecule has 3 atom stereocenters. The Morgan fingerprint density at radius 3 is 2.72 bits per heavy atom. The third kappa shape index (κ3) is 5.97. The largest absolute Gasteiger partial charge is 0.329 e. The molecule has 1 fully saturated rings. The molecule has 0 saturated heterocycles. The summed E-state index contributed by atoms with van der Waals surface area (Å²) in [5.41, 5.74) is 3.94. The van der Waals surface area contributed by atoms with Crippen molar-refractivity contribution in [3.05, 3.63) is 70.1 Å². The summed E-state index contributed by atoms with van der Waals surface area (Å²) in [5, 5.41) is 12.0. The van der Waals surface area contributed by atoms with E-state index >= 15 is 0 Å². The predicted molar refractivity (Wildman–Crippen MR) is 120 cm³/mol. The standard InChI is InChI=1S/C24H32N4O/c1-17(22(25)15-23(26-2)19-6-4-3-5-7-19)27-13-12-18-8-9-20(14-18)21-10-11-24(29)28-16-21/h3-7,10-11,16-18,20,25,27H,8-9,12-15H2,1-2H3,(H,28,29). The van der Waals surface area contributed by atoms with Crippen LogP contribution in [-0.2, 0) is 0 Å². The van der Waals surface area contributed by atoms with Crippen LogP contribution in [0.4, 0.5) is 0 Å². The summed E-state index contributed by atoms with van der Waals surface area (Å²) >= 11 is 0. The van der Waals surface area contributed by atoms with E-state index in [1.54, 1.807) is 13.1 Å². The summed E-state index contributed by atoms with van der Waals surface area (Å²) < 4.78 is 0. The highest BCUT2D eigenvalue weighted by molar-refractivity contribution is 6.12. The fraction of sp³-hybridized carbons (Fsp3) is 0.458. The lowest BCUT2D eigenvalue weighted by Gasteiger charge is -2.18. The van der Waals surface area contributed by atoms with E-state index < -0.39 is 0 Å². The third-order valence-electron chi connectivity index (χ3n) is 6.08. The molecule has 0 spiro atoms. The summed E-state index contributed by atoms with van der Waals surface area (Å²) in [7, 11) is 1.80. The molecule has 1 aromatic heterocycles. The molecule has 29 heavy (non-hydrogen) atoms. The van der Waals surface area contributed by atoms with Crippen molar-refractivity contribution < 1.29 is 0 Å². The van der Waals surface area contributed by atoms with Crippen LogP contribution in [0.1, 0.15) is 56.1 Å². The molecule has 3 N–H and O–H groups in total. The van der Waals surface area contributed by atoms with Gasteiger partial charge in [-0.25, -0.2) is 0 Å². The molecule has 3 unspecified atom stereocenters. The molecule has 3 rings (SSSR count). The van der Waals surface area contributed by atoms with Crippen LogP contribution in [0.2, 0.25) is 0 Å². The lowest BCUT2D eigenvalue weighted by atomic mass is 9.96. The maximum Gasteiger partial charge on any atom is 0.247 e. The Morgan fingerprint density at radius 2 is 2.03 bits per heavy atom. The number of nitrogens with one attached hydrogen (secondary N) is 3. The number of aliphatic imine (C=N–C) groups is 1. The molecule has 1 aliphatic carbocycles. The zero-order valence-electron chi connectivity index (χ0n) is 17.4. The fourth-order valence-corrected chi connectivity index (χ4v) is 4.22. The van der Waals surface area contributed by atoms with Crippen LogP contribution in [0.5, 0.6) is 0 Å². The first-order valence-corrected chi connectivity index (χ1v) is 10.6. The summed E-state index contributed by atoms with van der Waals surface area (Å²) in [4.78, 5) is 18.4. The van der Waals surface area contributed by atoms with Crippen LogP contribution in [0.15, 0.2) is 58.4 Å². The number of nitrogens with zero attached hydrogens (tertiary/aromatic N) is 1. The molecule has 1 aliphatic rings. The quantitative estimate of drug-likeness (QED) is 0.560. The van der Waals surface area contributed by atoms with Crippen LogP contribution in [-0.4, -0.2) is 36.0 Å². The monoisotopic (exact) mass is 392 g/mol. The summed E-state index contributed by atoms with van der Waals surface area (Å²) in [6.45, 7) is 2.99. The van der Waals surface area contributed by atoms with E-state index in [-0.39, 0.29) is 11.6 Å². The minimum absolute atomic E-state index is 0.0347. The van der Waals surface area contributed by atoms with E-state index in [0.717, 1.165) is 24.2 Å². The first-order valence-electron chi connectivity index (χ1n) is 10.6.